The summed E-state index contributed by atoms with van der Waals surface area (Å²) in [6.07, 6.45) is 6.04. The molecule has 4 heteroatoms. The molecule has 0 bridgehead atoms. The summed E-state index contributed by atoms with van der Waals surface area (Å²) in [6.45, 7) is 9.47. The Labute approximate surface area is 127 Å². The molecule has 0 saturated heterocycles. The third kappa shape index (κ3) is 3.66. The highest BCUT2D eigenvalue weighted by Crippen LogP contribution is 2.46. The van der Waals surface area contributed by atoms with Crippen molar-refractivity contribution in [2.45, 2.75) is 71.8 Å². The third-order valence-electron chi connectivity index (χ3n) is 4.61. The molecule has 4 nitrogen and oxygen atoms in total. The van der Waals surface area contributed by atoms with Gasteiger partial charge in [-0.1, -0.05) is 27.7 Å². The highest BCUT2D eigenvalue weighted by atomic mass is 15.1. The van der Waals surface area contributed by atoms with Crippen LogP contribution in [0.15, 0.2) is 6.07 Å². The molecule has 0 aliphatic heterocycles. The summed E-state index contributed by atoms with van der Waals surface area (Å²) in [7, 11) is 0. The average Bonchev–Trinajstić information content (AvgIpc) is 3.06. The van der Waals surface area contributed by atoms with Gasteiger partial charge < -0.3 is 11.1 Å². The number of nitrogens with zero attached hydrogens (tertiary/aromatic N) is 2. The van der Waals surface area contributed by atoms with Crippen LogP contribution >= 0.6 is 0 Å². The molecular weight excluding hydrogens is 260 g/mol. The largest absolute Gasteiger partial charge is 0.384 e. The first-order valence-corrected chi connectivity index (χ1v) is 8.14. The van der Waals surface area contributed by atoms with Crippen LogP contribution in [-0.4, -0.2) is 16.0 Å². The molecule has 2 aliphatic rings. The smallest absolute Gasteiger partial charge is 0.136 e. The van der Waals surface area contributed by atoms with Crippen molar-refractivity contribution in [1.29, 1.82) is 0 Å². The summed E-state index contributed by atoms with van der Waals surface area (Å²) < 4.78 is 0. The molecule has 1 heterocycles. The minimum atomic E-state index is 0.372. The number of hydrogen-bond acceptors (Lipinski definition) is 4. The van der Waals surface area contributed by atoms with Crippen molar-refractivity contribution in [3.63, 3.8) is 0 Å². The van der Waals surface area contributed by atoms with Gasteiger partial charge in [-0.25, -0.2) is 9.97 Å². The SMILES string of the molecule is CC1(C)CC(Nc2cc(N)nc(C3CC3)n2)CC(C)(C)C1. The molecule has 0 unspecified atom stereocenters. The summed E-state index contributed by atoms with van der Waals surface area (Å²) in [4.78, 5) is 9.06. The van der Waals surface area contributed by atoms with Crippen molar-refractivity contribution in [2.75, 3.05) is 11.1 Å². The fourth-order valence-electron chi connectivity index (χ4n) is 4.24. The minimum Gasteiger partial charge on any atom is -0.384 e. The van der Waals surface area contributed by atoms with E-state index in [0.29, 0.717) is 28.6 Å². The Morgan fingerprint density at radius 1 is 1.10 bits per heavy atom. The average molecular weight is 288 g/mol. The van der Waals surface area contributed by atoms with Crippen molar-refractivity contribution in [1.82, 2.24) is 9.97 Å². The number of rotatable bonds is 3. The lowest BCUT2D eigenvalue weighted by Gasteiger charge is -2.45. The van der Waals surface area contributed by atoms with Crippen molar-refractivity contribution in [3.05, 3.63) is 11.9 Å². The minimum absolute atomic E-state index is 0.372. The van der Waals surface area contributed by atoms with Crippen LogP contribution in [0, 0.1) is 10.8 Å². The molecule has 0 radical (unpaired) electrons. The summed E-state index contributed by atoms with van der Waals surface area (Å²) in [5, 5.41) is 3.62. The summed E-state index contributed by atoms with van der Waals surface area (Å²) in [5.41, 5.74) is 6.69. The van der Waals surface area contributed by atoms with Crippen molar-refractivity contribution in [2.24, 2.45) is 10.8 Å². The zero-order valence-corrected chi connectivity index (χ0v) is 13.7. The lowest BCUT2D eigenvalue weighted by Crippen LogP contribution is -2.40. The standard InChI is InChI=1S/C17H28N4/c1-16(2)8-12(9-17(3,4)10-16)19-14-7-13(18)20-15(21-14)11-5-6-11/h7,11-12H,5-6,8-10H2,1-4H3,(H3,18,19,20,21). The van der Waals surface area contributed by atoms with Gasteiger partial charge in [-0.3, -0.25) is 0 Å². The number of hydrogen-bond donors (Lipinski definition) is 2. The molecule has 21 heavy (non-hydrogen) atoms. The van der Waals surface area contributed by atoms with Crippen LogP contribution in [0.4, 0.5) is 11.6 Å². The van der Waals surface area contributed by atoms with Crippen LogP contribution in [0.1, 0.15) is 71.5 Å². The van der Waals surface area contributed by atoms with Gasteiger partial charge >= 0.3 is 0 Å². The van der Waals surface area contributed by atoms with E-state index in [1.165, 1.54) is 32.1 Å². The second kappa shape index (κ2) is 4.85. The van der Waals surface area contributed by atoms with Crippen LogP contribution in [0.3, 0.4) is 0 Å². The second-order valence-electron chi connectivity index (χ2n) is 8.57. The number of nitrogen functional groups attached to an aromatic ring is 1. The molecule has 2 saturated carbocycles. The Bertz CT molecular complexity index is 516. The topological polar surface area (TPSA) is 63.8 Å². The van der Waals surface area contributed by atoms with Gasteiger partial charge in [-0.15, -0.1) is 0 Å². The fourth-order valence-corrected chi connectivity index (χ4v) is 4.24. The molecule has 1 aromatic rings. The van der Waals surface area contributed by atoms with Crippen LogP contribution in [-0.2, 0) is 0 Å². The van der Waals surface area contributed by atoms with E-state index in [0.717, 1.165) is 11.6 Å². The first-order chi connectivity index (χ1) is 9.72. The molecule has 0 spiro atoms. The molecule has 0 aromatic carbocycles. The Morgan fingerprint density at radius 2 is 1.71 bits per heavy atom. The predicted molar refractivity (Wildman–Crippen MR) is 87.2 cm³/mol. The van der Waals surface area contributed by atoms with E-state index in [4.69, 9.17) is 5.73 Å². The fraction of sp³-hybridized carbons (Fsp3) is 0.765. The highest BCUT2D eigenvalue weighted by Gasteiger charge is 2.38. The second-order valence-corrected chi connectivity index (χ2v) is 8.57. The third-order valence-corrected chi connectivity index (χ3v) is 4.61. The molecule has 3 N–H and O–H groups in total. The van der Waals surface area contributed by atoms with E-state index in [1.54, 1.807) is 0 Å². The van der Waals surface area contributed by atoms with Gasteiger partial charge in [0.1, 0.15) is 17.5 Å². The van der Waals surface area contributed by atoms with Gasteiger partial charge in [-0.2, -0.15) is 0 Å². The number of aromatic nitrogens is 2. The van der Waals surface area contributed by atoms with Gasteiger partial charge in [0.15, 0.2) is 0 Å². The Morgan fingerprint density at radius 3 is 2.29 bits per heavy atom. The van der Waals surface area contributed by atoms with E-state index in [9.17, 15) is 0 Å². The Balaban J connectivity index is 1.76. The molecule has 3 rings (SSSR count). The van der Waals surface area contributed by atoms with Gasteiger partial charge in [0, 0.05) is 18.0 Å². The highest BCUT2D eigenvalue weighted by molar-refractivity contribution is 5.46. The molecule has 116 valence electrons. The predicted octanol–water partition coefficient (Wildman–Crippen LogP) is 3.95. The van der Waals surface area contributed by atoms with Gasteiger partial charge in [-0.05, 0) is 42.9 Å². The number of nitrogens with one attached hydrogen (secondary N) is 1. The Kier molecular flexibility index (Phi) is 3.38. The number of anilines is 2. The molecule has 0 atom stereocenters. The van der Waals surface area contributed by atoms with Crippen molar-refractivity contribution < 1.29 is 0 Å². The van der Waals surface area contributed by atoms with E-state index in [-0.39, 0.29) is 0 Å². The summed E-state index contributed by atoms with van der Waals surface area (Å²) in [6, 6.07) is 2.34. The first kappa shape index (κ1) is 14.6. The quantitative estimate of drug-likeness (QED) is 0.884. The van der Waals surface area contributed by atoms with Gasteiger partial charge in [0.25, 0.3) is 0 Å². The maximum Gasteiger partial charge on any atom is 0.136 e. The first-order valence-electron chi connectivity index (χ1n) is 8.14. The van der Waals surface area contributed by atoms with E-state index in [1.807, 2.05) is 6.07 Å². The zero-order valence-electron chi connectivity index (χ0n) is 13.7. The van der Waals surface area contributed by atoms with Crippen LogP contribution in [0.25, 0.3) is 0 Å². The maximum absolute atomic E-state index is 5.95. The van der Waals surface area contributed by atoms with Crippen LogP contribution in [0.2, 0.25) is 0 Å². The van der Waals surface area contributed by atoms with Crippen molar-refractivity contribution >= 4 is 11.6 Å². The van der Waals surface area contributed by atoms with Crippen LogP contribution in [0.5, 0.6) is 0 Å². The lowest BCUT2D eigenvalue weighted by atomic mass is 9.63. The number of nitrogens with two attached hydrogens (primary N) is 1. The molecular formula is C17H28N4. The zero-order chi connectivity index (χ0) is 15.3. The summed E-state index contributed by atoms with van der Waals surface area (Å²) >= 11 is 0. The van der Waals surface area contributed by atoms with E-state index in [2.05, 4.69) is 43.0 Å². The molecule has 2 fully saturated rings. The van der Waals surface area contributed by atoms with Gasteiger partial charge in [0.05, 0.1) is 0 Å². The van der Waals surface area contributed by atoms with E-state index >= 15 is 0 Å². The van der Waals surface area contributed by atoms with Crippen molar-refractivity contribution in [3.8, 4) is 0 Å². The normalized spacial score (nSPS) is 24.8. The summed E-state index contributed by atoms with van der Waals surface area (Å²) in [5.74, 6) is 2.95. The van der Waals surface area contributed by atoms with Crippen LogP contribution < -0.4 is 11.1 Å². The monoisotopic (exact) mass is 288 g/mol. The molecule has 1 aromatic heterocycles. The maximum atomic E-state index is 5.95. The van der Waals surface area contributed by atoms with E-state index < -0.39 is 0 Å². The molecule has 2 aliphatic carbocycles. The molecule has 0 amide bonds. The lowest BCUT2D eigenvalue weighted by molar-refractivity contribution is 0.105. The van der Waals surface area contributed by atoms with Gasteiger partial charge in [0.2, 0.25) is 0 Å². The Hall–Kier alpha value is -1.32.